The Labute approximate surface area is 198 Å². The zero-order chi connectivity index (χ0) is 23.3. The number of benzene rings is 1. The SMILES string of the molecule is CC1(O)CCCN(C(=O)CCN2CCN(C(=O)/C=C/c3ccc(Cl)c(Cl)c3)CCC2=O)C1. The van der Waals surface area contributed by atoms with Gasteiger partial charge >= 0.3 is 0 Å². The van der Waals surface area contributed by atoms with E-state index in [0.717, 1.165) is 12.0 Å². The van der Waals surface area contributed by atoms with Crippen LogP contribution in [-0.4, -0.2) is 82.4 Å². The van der Waals surface area contributed by atoms with E-state index in [1.54, 1.807) is 45.9 Å². The summed E-state index contributed by atoms with van der Waals surface area (Å²) in [6, 6.07) is 5.12. The van der Waals surface area contributed by atoms with Crippen LogP contribution in [-0.2, 0) is 14.4 Å². The van der Waals surface area contributed by atoms with Gasteiger partial charge in [0.05, 0.1) is 15.6 Å². The Balaban J connectivity index is 1.50. The molecule has 1 atom stereocenters. The molecule has 1 aromatic rings. The van der Waals surface area contributed by atoms with Crippen LogP contribution in [0.5, 0.6) is 0 Å². The van der Waals surface area contributed by atoms with Gasteiger partial charge in [-0.15, -0.1) is 0 Å². The summed E-state index contributed by atoms with van der Waals surface area (Å²) >= 11 is 11.9. The van der Waals surface area contributed by atoms with Crippen molar-refractivity contribution in [3.05, 3.63) is 39.9 Å². The first-order chi connectivity index (χ1) is 15.1. The van der Waals surface area contributed by atoms with Gasteiger partial charge in [0.15, 0.2) is 0 Å². The highest BCUT2D eigenvalue weighted by Crippen LogP contribution is 2.23. The van der Waals surface area contributed by atoms with Gasteiger partial charge in [0, 0.05) is 58.2 Å². The van der Waals surface area contributed by atoms with Crippen molar-refractivity contribution in [1.29, 1.82) is 0 Å². The van der Waals surface area contributed by atoms with E-state index in [-0.39, 0.29) is 30.6 Å². The minimum Gasteiger partial charge on any atom is -0.388 e. The maximum atomic E-state index is 12.6. The first-order valence-electron chi connectivity index (χ1n) is 10.8. The highest BCUT2D eigenvalue weighted by molar-refractivity contribution is 6.42. The second kappa shape index (κ2) is 10.7. The molecular weight excluding hydrogens is 453 g/mol. The molecule has 0 saturated carbocycles. The molecule has 7 nitrogen and oxygen atoms in total. The number of hydrogen-bond acceptors (Lipinski definition) is 4. The third kappa shape index (κ3) is 6.70. The topological polar surface area (TPSA) is 81.2 Å². The van der Waals surface area contributed by atoms with Gasteiger partial charge in [0.2, 0.25) is 17.7 Å². The molecule has 0 radical (unpaired) electrons. The molecule has 1 unspecified atom stereocenters. The molecule has 2 heterocycles. The van der Waals surface area contributed by atoms with Gasteiger partial charge in [0.25, 0.3) is 0 Å². The summed E-state index contributed by atoms with van der Waals surface area (Å²) in [5.74, 6) is -0.302. The van der Waals surface area contributed by atoms with Crippen LogP contribution in [0.3, 0.4) is 0 Å². The van der Waals surface area contributed by atoms with Crippen molar-refractivity contribution < 1.29 is 19.5 Å². The predicted octanol–water partition coefficient (Wildman–Crippen LogP) is 2.83. The van der Waals surface area contributed by atoms with Gasteiger partial charge < -0.3 is 19.8 Å². The number of piperidine rings is 1. The largest absolute Gasteiger partial charge is 0.388 e. The Kier molecular flexibility index (Phi) is 8.20. The van der Waals surface area contributed by atoms with E-state index in [2.05, 4.69) is 0 Å². The molecule has 32 heavy (non-hydrogen) atoms. The van der Waals surface area contributed by atoms with Gasteiger partial charge in [-0.3, -0.25) is 14.4 Å². The second-order valence-corrected chi connectivity index (χ2v) is 9.44. The van der Waals surface area contributed by atoms with Crippen LogP contribution in [0.4, 0.5) is 0 Å². The van der Waals surface area contributed by atoms with E-state index < -0.39 is 5.60 Å². The lowest BCUT2D eigenvalue weighted by atomic mass is 9.95. The van der Waals surface area contributed by atoms with Crippen LogP contribution in [0, 0.1) is 0 Å². The number of amides is 3. The molecule has 2 saturated heterocycles. The third-order valence-corrected chi connectivity index (χ3v) is 6.62. The van der Waals surface area contributed by atoms with Crippen LogP contribution < -0.4 is 0 Å². The summed E-state index contributed by atoms with van der Waals surface area (Å²) in [5, 5.41) is 11.1. The van der Waals surface area contributed by atoms with Crippen LogP contribution >= 0.6 is 23.2 Å². The van der Waals surface area contributed by atoms with Crippen molar-refractivity contribution in [3.8, 4) is 0 Å². The Morgan fingerprint density at radius 2 is 1.91 bits per heavy atom. The Morgan fingerprint density at radius 3 is 2.62 bits per heavy atom. The van der Waals surface area contributed by atoms with E-state index in [4.69, 9.17) is 23.2 Å². The fourth-order valence-corrected chi connectivity index (χ4v) is 4.34. The summed E-state index contributed by atoms with van der Waals surface area (Å²) in [4.78, 5) is 42.6. The zero-order valence-corrected chi connectivity index (χ0v) is 19.7. The van der Waals surface area contributed by atoms with Crippen molar-refractivity contribution in [2.45, 2.75) is 38.2 Å². The molecule has 0 spiro atoms. The fourth-order valence-electron chi connectivity index (χ4n) is 4.03. The summed E-state index contributed by atoms with van der Waals surface area (Å²) in [6.45, 7) is 4.15. The molecule has 0 aliphatic carbocycles. The van der Waals surface area contributed by atoms with Gasteiger partial charge in [-0.1, -0.05) is 29.3 Å². The average molecular weight is 482 g/mol. The molecule has 2 fully saturated rings. The maximum Gasteiger partial charge on any atom is 0.246 e. The lowest BCUT2D eigenvalue weighted by molar-refractivity contribution is -0.139. The molecule has 2 aliphatic heterocycles. The van der Waals surface area contributed by atoms with Crippen molar-refractivity contribution >= 4 is 47.0 Å². The molecule has 1 aromatic carbocycles. The summed E-state index contributed by atoms with van der Waals surface area (Å²) in [6.07, 6.45) is 5.03. The third-order valence-electron chi connectivity index (χ3n) is 5.88. The van der Waals surface area contributed by atoms with Crippen LogP contribution in [0.1, 0.15) is 38.2 Å². The first-order valence-corrected chi connectivity index (χ1v) is 11.6. The quantitative estimate of drug-likeness (QED) is 0.655. The number of likely N-dealkylation sites (tertiary alicyclic amines) is 1. The number of nitrogens with zero attached hydrogens (tertiary/aromatic N) is 3. The number of hydrogen-bond donors (Lipinski definition) is 1. The molecule has 174 valence electrons. The number of carbonyl (C=O) groups excluding carboxylic acids is 3. The molecule has 3 amide bonds. The molecule has 2 aliphatic rings. The number of aliphatic hydroxyl groups is 1. The standard InChI is InChI=1S/C23H29Cl2N3O4/c1-23(32)9-2-10-28(16-23)22(31)8-12-27-14-13-26(11-7-21(27)30)20(29)6-4-17-3-5-18(24)19(25)15-17/h3-6,15,32H,2,7-14,16H2,1H3/b6-4+. The lowest BCUT2D eigenvalue weighted by Gasteiger charge is -2.37. The van der Waals surface area contributed by atoms with Gasteiger partial charge in [-0.2, -0.15) is 0 Å². The van der Waals surface area contributed by atoms with Crippen LogP contribution in [0.15, 0.2) is 24.3 Å². The van der Waals surface area contributed by atoms with Gasteiger partial charge in [-0.05, 0) is 43.5 Å². The number of β-amino-alcohol motifs (C(OH)–C–C–N with tert-alkyl or cyclic N) is 1. The maximum absolute atomic E-state index is 12.6. The van der Waals surface area contributed by atoms with E-state index in [1.807, 2.05) is 0 Å². The summed E-state index contributed by atoms with van der Waals surface area (Å²) in [7, 11) is 0. The van der Waals surface area contributed by atoms with Gasteiger partial charge in [-0.25, -0.2) is 0 Å². The average Bonchev–Trinajstić information content (AvgIpc) is 2.93. The van der Waals surface area contributed by atoms with Crippen molar-refractivity contribution in [3.63, 3.8) is 0 Å². The molecule has 3 rings (SSSR count). The van der Waals surface area contributed by atoms with E-state index in [1.165, 1.54) is 6.08 Å². The number of carbonyl (C=O) groups is 3. The Bertz CT molecular complexity index is 903. The Hall–Kier alpha value is -2.09. The monoisotopic (exact) mass is 481 g/mol. The zero-order valence-electron chi connectivity index (χ0n) is 18.2. The van der Waals surface area contributed by atoms with E-state index in [0.29, 0.717) is 55.7 Å². The van der Waals surface area contributed by atoms with Crippen molar-refractivity contribution in [1.82, 2.24) is 14.7 Å². The Morgan fingerprint density at radius 1 is 1.12 bits per heavy atom. The highest BCUT2D eigenvalue weighted by atomic mass is 35.5. The van der Waals surface area contributed by atoms with Crippen molar-refractivity contribution in [2.75, 3.05) is 39.3 Å². The number of rotatable bonds is 5. The predicted molar refractivity (Wildman–Crippen MR) is 124 cm³/mol. The molecule has 9 heteroatoms. The molecular formula is C23H29Cl2N3O4. The minimum absolute atomic E-state index is 0.0560. The summed E-state index contributed by atoms with van der Waals surface area (Å²) in [5.41, 5.74) is -0.0894. The fraction of sp³-hybridized carbons (Fsp3) is 0.522. The van der Waals surface area contributed by atoms with E-state index >= 15 is 0 Å². The molecule has 1 N–H and O–H groups in total. The van der Waals surface area contributed by atoms with Gasteiger partial charge in [0.1, 0.15) is 0 Å². The van der Waals surface area contributed by atoms with Crippen LogP contribution in [0.2, 0.25) is 10.0 Å². The van der Waals surface area contributed by atoms with Crippen molar-refractivity contribution in [2.24, 2.45) is 0 Å². The minimum atomic E-state index is -0.849. The molecule has 0 bridgehead atoms. The normalized spacial score (nSPS) is 22.4. The lowest BCUT2D eigenvalue weighted by Crippen LogP contribution is -2.49. The second-order valence-electron chi connectivity index (χ2n) is 8.63. The molecule has 0 aromatic heterocycles. The highest BCUT2D eigenvalue weighted by Gasteiger charge is 2.31. The first kappa shape index (κ1) is 24.6. The summed E-state index contributed by atoms with van der Waals surface area (Å²) < 4.78 is 0. The number of halogens is 2. The van der Waals surface area contributed by atoms with E-state index in [9.17, 15) is 19.5 Å². The smallest absolute Gasteiger partial charge is 0.246 e. The van der Waals surface area contributed by atoms with Crippen LogP contribution in [0.25, 0.3) is 6.08 Å².